The lowest BCUT2D eigenvalue weighted by molar-refractivity contribution is -0.140. The number of carbonyl (C=O) groups excluding carboxylic acids is 3. The molecule has 3 aromatic rings. The highest BCUT2D eigenvalue weighted by Gasteiger charge is 2.67. The van der Waals surface area contributed by atoms with E-state index in [4.69, 9.17) is 34.8 Å². The SMILES string of the molecule is CCS(=O)C(C)C(=O)Cc1c(F)ccc(CC(=O)c2cc(NC(=O)[C@H]3[C@H](c4ccc(F)c(C(F)(F)F)c4)C3(Cl)Cl)ccc2Cl)c1F. The molecule has 46 heavy (non-hydrogen) atoms. The number of hydrogen-bond acceptors (Lipinski definition) is 4. The summed E-state index contributed by atoms with van der Waals surface area (Å²) in [6, 6.07) is 7.89. The molecule has 1 N–H and O–H groups in total. The first-order chi connectivity index (χ1) is 21.4. The smallest absolute Gasteiger partial charge is 0.326 e. The molecular weight excluding hydrogens is 703 g/mol. The molecule has 3 aromatic carbocycles. The summed E-state index contributed by atoms with van der Waals surface area (Å²) in [6.45, 7) is 3.00. The summed E-state index contributed by atoms with van der Waals surface area (Å²) in [4.78, 5) is 38.7. The molecule has 4 rings (SSSR count). The summed E-state index contributed by atoms with van der Waals surface area (Å²) in [6.07, 6.45) is -6.27. The van der Waals surface area contributed by atoms with Gasteiger partial charge in [0.25, 0.3) is 0 Å². The minimum absolute atomic E-state index is 0.0198. The first-order valence-corrected chi connectivity index (χ1v) is 16.1. The Bertz CT molecular complexity index is 1750. The lowest BCUT2D eigenvalue weighted by Crippen LogP contribution is -2.26. The lowest BCUT2D eigenvalue weighted by Gasteiger charge is -2.13. The number of benzene rings is 3. The zero-order valence-corrected chi connectivity index (χ0v) is 27.0. The highest BCUT2D eigenvalue weighted by Crippen LogP contribution is 2.65. The summed E-state index contributed by atoms with van der Waals surface area (Å²) in [5.74, 6) is -7.99. The summed E-state index contributed by atoms with van der Waals surface area (Å²) in [5, 5.41) is 1.45. The predicted molar refractivity (Wildman–Crippen MR) is 163 cm³/mol. The molecule has 0 spiro atoms. The number of rotatable bonds is 11. The van der Waals surface area contributed by atoms with Crippen molar-refractivity contribution in [3.05, 3.63) is 98.8 Å². The van der Waals surface area contributed by atoms with Gasteiger partial charge in [-0.1, -0.05) is 30.7 Å². The average molecular weight is 727 g/mol. The van der Waals surface area contributed by atoms with Gasteiger partial charge in [-0.25, -0.2) is 13.2 Å². The second kappa shape index (κ2) is 13.7. The van der Waals surface area contributed by atoms with Gasteiger partial charge in [-0.2, -0.15) is 13.2 Å². The van der Waals surface area contributed by atoms with E-state index < -0.39 is 97.3 Å². The van der Waals surface area contributed by atoms with Gasteiger partial charge >= 0.3 is 6.18 Å². The number of carbonyl (C=O) groups is 3. The van der Waals surface area contributed by atoms with Crippen LogP contribution < -0.4 is 5.32 Å². The van der Waals surface area contributed by atoms with Crippen LogP contribution >= 0.6 is 34.8 Å². The highest BCUT2D eigenvalue weighted by molar-refractivity contribution is 7.86. The van der Waals surface area contributed by atoms with Crippen molar-refractivity contribution >= 4 is 68.8 Å². The third kappa shape index (κ3) is 7.45. The normalized spacial score (nSPS) is 18.5. The number of nitrogens with one attached hydrogen (secondary N) is 1. The second-order valence-electron chi connectivity index (χ2n) is 10.6. The fourth-order valence-corrected chi connectivity index (χ4v) is 6.91. The summed E-state index contributed by atoms with van der Waals surface area (Å²) in [7, 11) is -1.52. The molecular formula is C31H24Cl3F6NO4S. The molecule has 5 nitrogen and oxygen atoms in total. The van der Waals surface area contributed by atoms with Crippen LogP contribution in [0.5, 0.6) is 0 Å². The van der Waals surface area contributed by atoms with Gasteiger partial charge in [-0.3, -0.25) is 18.6 Å². The average Bonchev–Trinajstić information content (AvgIpc) is 3.57. The van der Waals surface area contributed by atoms with Gasteiger partial charge in [0, 0.05) is 52.1 Å². The number of amides is 1. The van der Waals surface area contributed by atoms with Crippen LogP contribution in [0.1, 0.15) is 52.4 Å². The van der Waals surface area contributed by atoms with E-state index in [1.54, 1.807) is 6.92 Å². The molecule has 0 aromatic heterocycles. The molecule has 15 heteroatoms. The van der Waals surface area contributed by atoms with Gasteiger partial charge in [-0.15, -0.1) is 23.2 Å². The topological polar surface area (TPSA) is 80.3 Å². The molecule has 0 aliphatic heterocycles. The summed E-state index contributed by atoms with van der Waals surface area (Å²) < 4.78 is 93.4. The van der Waals surface area contributed by atoms with Gasteiger partial charge in [-0.05, 0) is 54.4 Å². The van der Waals surface area contributed by atoms with Gasteiger partial charge in [0.2, 0.25) is 5.91 Å². The Kier molecular flexibility index (Phi) is 10.7. The van der Waals surface area contributed by atoms with Crippen LogP contribution in [-0.4, -0.2) is 37.0 Å². The molecule has 0 radical (unpaired) electrons. The van der Waals surface area contributed by atoms with E-state index in [0.29, 0.717) is 12.1 Å². The van der Waals surface area contributed by atoms with E-state index >= 15 is 4.39 Å². The van der Waals surface area contributed by atoms with Crippen LogP contribution in [0.2, 0.25) is 5.02 Å². The van der Waals surface area contributed by atoms with Gasteiger partial charge in [0.15, 0.2) is 11.6 Å². The fourth-order valence-electron chi connectivity index (χ4n) is 4.99. The Morgan fingerprint density at radius 1 is 0.978 bits per heavy atom. The summed E-state index contributed by atoms with van der Waals surface area (Å²) in [5.41, 5.74) is -2.60. The molecule has 0 heterocycles. The zero-order valence-electron chi connectivity index (χ0n) is 23.9. The molecule has 0 bridgehead atoms. The number of halogens is 9. The predicted octanol–water partition coefficient (Wildman–Crippen LogP) is 8.00. The molecule has 1 aliphatic carbocycles. The quantitative estimate of drug-likeness (QED) is 0.123. The van der Waals surface area contributed by atoms with Crippen LogP contribution in [0, 0.1) is 23.4 Å². The van der Waals surface area contributed by atoms with E-state index in [1.807, 2.05) is 0 Å². The number of anilines is 1. The Balaban J connectivity index is 1.52. The molecule has 1 aliphatic rings. The maximum absolute atomic E-state index is 15.3. The Morgan fingerprint density at radius 3 is 2.26 bits per heavy atom. The van der Waals surface area contributed by atoms with E-state index in [2.05, 4.69) is 5.32 Å². The second-order valence-corrected chi connectivity index (χ2v) is 14.5. The standard InChI is InChI=1S/C31H24Cl3F6NO4S/c1-3-46(45)14(2)24(42)13-19-22(35)8-5-16(28(19)37)11-25(43)18-12-17(6-7-21(18)32)41-29(44)27-26(30(27,33)34)15-4-9-23(36)20(10-15)31(38,39)40/h4-10,12,14,26-27H,3,11,13H2,1-2H3,(H,41,44)/t14?,26-,27+,46?/m0/s1. The minimum atomic E-state index is -5.00. The van der Waals surface area contributed by atoms with Gasteiger partial charge in [0.05, 0.1) is 21.8 Å². The van der Waals surface area contributed by atoms with Gasteiger partial charge < -0.3 is 5.32 Å². The molecule has 1 saturated carbocycles. The van der Waals surface area contributed by atoms with E-state index in [9.17, 15) is 40.5 Å². The van der Waals surface area contributed by atoms with Crippen molar-refractivity contribution in [2.24, 2.45) is 5.92 Å². The lowest BCUT2D eigenvalue weighted by atomic mass is 9.97. The van der Waals surface area contributed by atoms with Crippen LogP contribution in [-0.2, 0) is 39.4 Å². The van der Waals surface area contributed by atoms with Crippen molar-refractivity contribution in [1.82, 2.24) is 0 Å². The fraction of sp³-hybridized carbons (Fsp3) is 0.323. The Morgan fingerprint density at radius 2 is 1.63 bits per heavy atom. The number of ketones is 2. The van der Waals surface area contributed by atoms with E-state index in [0.717, 1.165) is 18.2 Å². The number of hydrogen-bond donors (Lipinski definition) is 1. The molecule has 2 unspecified atom stereocenters. The molecule has 246 valence electrons. The highest BCUT2D eigenvalue weighted by atomic mass is 35.5. The van der Waals surface area contributed by atoms with Crippen molar-refractivity contribution in [3.63, 3.8) is 0 Å². The van der Waals surface area contributed by atoms with E-state index in [-0.39, 0.29) is 33.2 Å². The van der Waals surface area contributed by atoms with Crippen molar-refractivity contribution in [1.29, 1.82) is 0 Å². The van der Waals surface area contributed by atoms with Crippen molar-refractivity contribution in [2.75, 3.05) is 11.1 Å². The third-order valence-electron chi connectivity index (χ3n) is 7.63. The number of alkyl halides is 5. The monoisotopic (exact) mass is 725 g/mol. The first kappa shape index (κ1) is 35.9. The molecule has 4 atom stereocenters. The van der Waals surface area contributed by atoms with Crippen LogP contribution in [0.3, 0.4) is 0 Å². The Labute approximate surface area is 277 Å². The van der Waals surface area contributed by atoms with Crippen LogP contribution in [0.25, 0.3) is 0 Å². The van der Waals surface area contributed by atoms with Crippen molar-refractivity contribution in [2.45, 2.75) is 48.4 Å². The van der Waals surface area contributed by atoms with Crippen LogP contribution in [0.15, 0.2) is 48.5 Å². The van der Waals surface area contributed by atoms with Crippen molar-refractivity contribution in [3.8, 4) is 0 Å². The molecule has 1 fully saturated rings. The molecule has 1 amide bonds. The molecule has 0 saturated heterocycles. The summed E-state index contributed by atoms with van der Waals surface area (Å²) >= 11 is 18.7. The largest absolute Gasteiger partial charge is 0.419 e. The van der Waals surface area contributed by atoms with Crippen LogP contribution in [0.4, 0.5) is 32.0 Å². The minimum Gasteiger partial charge on any atom is -0.326 e. The number of Topliss-reactive ketones (excluding diaryl/α,β-unsaturated/α-hetero) is 2. The van der Waals surface area contributed by atoms with Gasteiger partial charge in [0.1, 0.15) is 21.8 Å². The maximum atomic E-state index is 15.3. The zero-order chi connectivity index (χ0) is 34.3. The first-order valence-electron chi connectivity index (χ1n) is 13.6. The van der Waals surface area contributed by atoms with Crippen molar-refractivity contribution < 1.29 is 44.9 Å². The van der Waals surface area contributed by atoms with E-state index in [1.165, 1.54) is 25.1 Å². The Hall–Kier alpha value is -2.93. The third-order valence-corrected chi connectivity index (χ3v) is 10.5. The maximum Gasteiger partial charge on any atom is 0.419 e.